The molecule has 0 bridgehead atoms. The molecule has 0 aliphatic rings. The smallest absolute Gasteiger partial charge is 0.346 e. The third kappa shape index (κ3) is 2.37. The minimum absolute atomic E-state index is 0.0431. The first kappa shape index (κ1) is 12.2. The van der Waals surface area contributed by atoms with Gasteiger partial charge in [-0.15, -0.1) is 0 Å². The zero-order valence-electron chi connectivity index (χ0n) is 8.64. The highest BCUT2D eigenvalue weighted by atomic mass is 16.5. The van der Waals surface area contributed by atoms with E-state index in [1.807, 2.05) is 0 Å². The number of aromatic amines is 1. The maximum atomic E-state index is 11.5. The average molecular weight is 228 g/mol. The fourth-order valence-electron chi connectivity index (χ4n) is 1.21. The van der Waals surface area contributed by atoms with Crippen LogP contribution in [0.15, 0.2) is 12.4 Å². The molecule has 1 aromatic heterocycles. The van der Waals surface area contributed by atoms with Gasteiger partial charge in [-0.1, -0.05) is 0 Å². The number of H-pyrrole nitrogens is 1. The largest absolute Gasteiger partial charge is 0.481 e. The molecule has 1 atom stereocenters. The quantitative estimate of drug-likeness (QED) is 0.593. The van der Waals surface area contributed by atoms with Crippen LogP contribution in [0.5, 0.6) is 0 Å². The van der Waals surface area contributed by atoms with Gasteiger partial charge in [-0.3, -0.25) is 4.79 Å². The van der Waals surface area contributed by atoms with E-state index < -0.39 is 24.0 Å². The number of hydrogen-bond donors (Lipinski definition) is 3. The summed E-state index contributed by atoms with van der Waals surface area (Å²) in [4.78, 5) is 28.3. The molecule has 0 saturated heterocycles. The van der Waals surface area contributed by atoms with E-state index in [-0.39, 0.29) is 12.4 Å². The SMILES string of the molecule is CCOC(=O)C(O)(CC(=O)O)c1ncc[nH]1. The van der Waals surface area contributed by atoms with Gasteiger partial charge in [0.15, 0.2) is 5.82 Å². The molecule has 0 aliphatic carbocycles. The van der Waals surface area contributed by atoms with Gasteiger partial charge in [0.25, 0.3) is 0 Å². The van der Waals surface area contributed by atoms with Crippen molar-refractivity contribution in [2.75, 3.05) is 6.61 Å². The molecule has 88 valence electrons. The lowest BCUT2D eigenvalue weighted by atomic mass is 9.99. The van der Waals surface area contributed by atoms with Gasteiger partial charge in [-0.2, -0.15) is 0 Å². The van der Waals surface area contributed by atoms with Crippen molar-refractivity contribution in [2.24, 2.45) is 0 Å². The number of carbonyl (C=O) groups excluding carboxylic acids is 1. The van der Waals surface area contributed by atoms with Crippen LogP contribution in [0.2, 0.25) is 0 Å². The first-order chi connectivity index (χ1) is 7.50. The van der Waals surface area contributed by atoms with Crippen LogP contribution in [0.3, 0.4) is 0 Å². The molecule has 1 heterocycles. The normalized spacial score (nSPS) is 14.1. The molecule has 0 radical (unpaired) electrons. The standard InChI is InChI=1S/C9H12N2O5/c1-2-16-8(14)9(15,5-6(12)13)7-10-3-4-11-7/h3-4,15H,2,5H2,1H3,(H,10,11)(H,12,13). The molecule has 16 heavy (non-hydrogen) atoms. The number of nitrogens with one attached hydrogen (secondary N) is 1. The second-order valence-electron chi connectivity index (χ2n) is 3.09. The molecule has 7 heteroatoms. The maximum absolute atomic E-state index is 11.5. The highest BCUT2D eigenvalue weighted by Crippen LogP contribution is 2.23. The summed E-state index contributed by atoms with van der Waals surface area (Å²) >= 11 is 0. The van der Waals surface area contributed by atoms with Crippen LogP contribution in [-0.2, 0) is 19.9 Å². The summed E-state index contributed by atoms with van der Waals surface area (Å²) < 4.78 is 4.62. The van der Waals surface area contributed by atoms with Gasteiger partial charge in [-0.05, 0) is 6.92 Å². The summed E-state index contributed by atoms with van der Waals surface area (Å²) in [5, 5.41) is 18.6. The van der Waals surface area contributed by atoms with E-state index in [0.717, 1.165) is 0 Å². The Morgan fingerprint density at radius 3 is 2.75 bits per heavy atom. The number of ether oxygens (including phenoxy) is 1. The minimum atomic E-state index is -2.27. The van der Waals surface area contributed by atoms with E-state index in [2.05, 4.69) is 14.7 Å². The van der Waals surface area contributed by atoms with Crippen molar-refractivity contribution in [1.29, 1.82) is 0 Å². The zero-order chi connectivity index (χ0) is 12.2. The molecule has 0 amide bonds. The Morgan fingerprint density at radius 2 is 2.31 bits per heavy atom. The van der Waals surface area contributed by atoms with Crippen molar-refractivity contribution in [3.63, 3.8) is 0 Å². The van der Waals surface area contributed by atoms with Crippen LogP contribution in [0, 0.1) is 0 Å². The third-order valence-electron chi connectivity index (χ3n) is 1.91. The van der Waals surface area contributed by atoms with Crippen molar-refractivity contribution in [1.82, 2.24) is 9.97 Å². The number of carbonyl (C=O) groups is 2. The van der Waals surface area contributed by atoms with E-state index in [1.165, 1.54) is 12.4 Å². The topological polar surface area (TPSA) is 113 Å². The van der Waals surface area contributed by atoms with E-state index in [0.29, 0.717) is 0 Å². The number of rotatable bonds is 5. The molecule has 1 rings (SSSR count). The molecule has 0 aromatic carbocycles. The average Bonchev–Trinajstić information content (AvgIpc) is 2.69. The first-order valence-electron chi connectivity index (χ1n) is 4.62. The summed E-state index contributed by atoms with van der Waals surface area (Å²) in [7, 11) is 0. The molecule has 0 fully saturated rings. The van der Waals surface area contributed by atoms with Crippen molar-refractivity contribution < 1.29 is 24.5 Å². The van der Waals surface area contributed by atoms with Crippen molar-refractivity contribution >= 4 is 11.9 Å². The molecular weight excluding hydrogens is 216 g/mol. The lowest BCUT2D eigenvalue weighted by Gasteiger charge is -2.21. The molecule has 1 aromatic rings. The lowest BCUT2D eigenvalue weighted by Crippen LogP contribution is -2.40. The molecular formula is C9H12N2O5. The number of aromatic nitrogens is 2. The van der Waals surface area contributed by atoms with Crippen LogP contribution in [0.4, 0.5) is 0 Å². The number of nitrogens with zero attached hydrogens (tertiary/aromatic N) is 1. The van der Waals surface area contributed by atoms with Gasteiger partial charge >= 0.3 is 11.9 Å². The number of imidazole rings is 1. The molecule has 0 spiro atoms. The van der Waals surface area contributed by atoms with E-state index in [4.69, 9.17) is 5.11 Å². The first-order valence-corrected chi connectivity index (χ1v) is 4.62. The fraction of sp³-hybridized carbons (Fsp3) is 0.444. The summed E-state index contributed by atoms with van der Waals surface area (Å²) in [5.41, 5.74) is -2.27. The van der Waals surface area contributed by atoms with Gasteiger partial charge in [0.1, 0.15) is 0 Å². The van der Waals surface area contributed by atoms with Crippen LogP contribution >= 0.6 is 0 Å². The maximum Gasteiger partial charge on any atom is 0.346 e. The Kier molecular flexibility index (Phi) is 3.62. The number of carboxylic acids is 1. The highest BCUT2D eigenvalue weighted by Gasteiger charge is 2.44. The number of aliphatic carboxylic acids is 1. The number of esters is 1. The zero-order valence-corrected chi connectivity index (χ0v) is 8.64. The number of aliphatic hydroxyl groups is 1. The van der Waals surface area contributed by atoms with Gasteiger partial charge in [0.05, 0.1) is 13.0 Å². The Morgan fingerprint density at radius 1 is 1.62 bits per heavy atom. The predicted molar refractivity (Wildman–Crippen MR) is 51.4 cm³/mol. The summed E-state index contributed by atoms with van der Waals surface area (Å²) in [5.74, 6) is -2.51. The van der Waals surface area contributed by atoms with Gasteiger partial charge in [0.2, 0.25) is 5.60 Å². The second-order valence-corrected chi connectivity index (χ2v) is 3.09. The van der Waals surface area contributed by atoms with Crippen LogP contribution in [0.25, 0.3) is 0 Å². The predicted octanol–water partition coefficient (Wildman–Crippen LogP) is -0.365. The van der Waals surface area contributed by atoms with Crippen LogP contribution in [-0.4, -0.2) is 38.7 Å². The summed E-state index contributed by atoms with van der Waals surface area (Å²) in [6.45, 7) is 1.60. The molecule has 3 N–H and O–H groups in total. The van der Waals surface area contributed by atoms with E-state index in [9.17, 15) is 14.7 Å². The Bertz CT molecular complexity index is 375. The Hall–Kier alpha value is -1.89. The van der Waals surface area contributed by atoms with E-state index in [1.54, 1.807) is 6.92 Å². The van der Waals surface area contributed by atoms with Crippen LogP contribution in [0.1, 0.15) is 19.2 Å². The Labute approximate surface area is 91.1 Å². The monoisotopic (exact) mass is 228 g/mol. The molecule has 7 nitrogen and oxygen atoms in total. The number of carboxylic acid groups (broad SMARTS) is 1. The molecule has 0 saturated carbocycles. The third-order valence-corrected chi connectivity index (χ3v) is 1.91. The van der Waals surface area contributed by atoms with Gasteiger partial charge < -0.3 is 19.9 Å². The Balaban J connectivity index is 3.02. The summed E-state index contributed by atoms with van der Waals surface area (Å²) in [6, 6.07) is 0. The second kappa shape index (κ2) is 4.75. The number of hydrogen-bond acceptors (Lipinski definition) is 5. The van der Waals surface area contributed by atoms with Crippen molar-refractivity contribution in [3.05, 3.63) is 18.2 Å². The van der Waals surface area contributed by atoms with E-state index >= 15 is 0 Å². The van der Waals surface area contributed by atoms with Crippen molar-refractivity contribution in [2.45, 2.75) is 18.9 Å². The van der Waals surface area contributed by atoms with Gasteiger partial charge in [-0.25, -0.2) is 9.78 Å². The molecule has 1 unspecified atom stereocenters. The minimum Gasteiger partial charge on any atom is -0.481 e. The van der Waals surface area contributed by atoms with Crippen molar-refractivity contribution in [3.8, 4) is 0 Å². The van der Waals surface area contributed by atoms with Gasteiger partial charge in [0, 0.05) is 12.4 Å². The fourth-order valence-corrected chi connectivity index (χ4v) is 1.21. The summed E-state index contributed by atoms with van der Waals surface area (Å²) in [6.07, 6.45) is 1.88. The molecule has 0 aliphatic heterocycles. The highest BCUT2D eigenvalue weighted by molar-refractivity contribution is 5.85. The lowest BCUT2D eigenvalue weighted by molar-refractivity contribution is -0.172. The van der Waals surface area contributed by atoms with Crippen LogP contribution < -0.4 is 0 Å².